The van der Waals surface area contributed by atoms with Gasteiger partial charge in [-0.15, -0.1) is 0 Å². The van der Waals surface area contributed by atoms with Gasteiger partial charge < -0.3 is 14.8 Å². The molecule has 0 unspecified atom stereocenters. The molecule has 1 saturated heterocycles. The number of nitrogens with zero attached hydrogens (tertiary/aromatic N) is 3. The normalized spacial score (nSPS) is 15.2. The largest absolute Gasteiger partial charge is 0.344 e. The number of carbonyl (C=O) groups excluding carboxylic acids is 1. The molecule has 0 saturated carbocycles. The van der Waals surface area contributed by atoms with Gasteiger partial charge in [-0.3, -0.25) is 9.69 Å². The van der Waals surface area contributed by atoms with E-state index >= 15 is 0 Å². The Kier molecular flexibility index (Phi) is 6.54. The van der Waals surface area contributed by atoms with Gasteiger partial charge in [-0.05, 0) is 50.2 Å². The van der Waals surface area contributed by atoms with Crippen LogP contribution in [0.25, 0.3) is 0 Å². The van der Waals surface area contributed by atoms with E-state index in [4.69, 9.17) is 0 Å². The molecule has 1 aromatic heterocycles. The first-order valence-electron chi connectivity index (χ1n) is 11.0. The molecule has 0 bridgehead atoms. The number of benzene rings is 2. The molecule has 1 aliphatic rings. The first-order chi connectivity index (χ1) is 15.0. The van der Waals surface area contributed by atoms with Crippen LogP contribution < -0.4 is 5.32 Å². The second-order valence-corrected chi connectivity index (χ2v) is 8.59. The molecule has 1 N–H and O–H groups in total. The number of carbonyl (C=O) groups is 1. The fourth-order valence-corrected chi connectivity index (χ4v) is 4.25. The molecule has 1 aliphatic heterocycles. The minimum absolute atomic E-state index is 0.0517. The van der Waals surface area contributed by atoms with Crippen molar-refractivity contribution < 1.29 is 4.79 Å². The fraction of sp³-hybridized carbons (Fsp3) is 0.346. The van der Waals surface area contributed by atoms with Crippen LogP contribution in [0.2, 0.25) is 0 Å². The summed E-state index contributed by atoms with van der Waals surface area (Å²) in [6.07, 6.45) is 0. The summed E-state index contributed by atoms with van der Waals surface area (Å²) in [6, 6.07) is 20.6. The summed E-state index contributed by atoms with van der Waals surface area (Å²) < 4.78 is 2.20. The molecule has 2 heterocycles. The summed E-state index contributed by atoms with van der Waals surface area (Å²) in [4.78, 5) is 17.9. The van der Waals surface area contributed by atoms with Crippen molar-refractivity contribution >= 4 is 11.6 Å². The van der Waals surface area contributed by atoms with Crippen molar-refractivity contribution in [2.24, 2.45) is 0 Å². The highest BCUT2D eigenvalue weighted by Crippen LogP contribution is 2.20. The van der Waals surface area contributed by atoms with Gasteiger partial charge >= 0.3 is 0 Å². The maximum atomic E-state index is 13.0. The standard InChI is InChI=1S/C26H32N4O/c1-20-16-25(21(2)30(20)19-22-8-5-4-6-9-22)26(31)27-24-11-7-10-23(17-24)18-29-14-12-28(3)13-15-29/h4-11,16-17H,12-15,18-19H2,1-3H3,(H,27,31). The molecule has 1 amide bonds. The van der Waals surface area contributed by atoms with Gasteiger partial charge in [-0.2, -0.15) is 0 Å². The van der Waals surface area contributed by atoms with Crippen molar-refractivity contribution in [2.45, 2.75) is 26.9 Å². The summed E-state index contributed by atoms with van der Waals surface area (Å²) in [5, 5.41) is 3.11. The van der Waals surface area contributed by atoms with Gasteiger partial charge in [-0.1, -0.05) is 42.5 Å². The highest BCUT2D eigenvalue weighted by Gasteiger charge is 2.17. The van der Waals surface area contributed by atoms with Crippen molar-refractivity contribution in [3.05, 3.63) is 88.7 Å². The Bertz CT molecular complexity index is 1030. The molecule has 3 aromatic rings. The molecule has 4 rings (SSSR count). The van der Waals surface area contributed by atoms with Gasteiger partial charge in [0, 0.05) is 56.3 Å². The Labute approximate surface area is 185 Å². The Balaban J connectivity index is 1.44. The molecule has 0 radical (unpaired) electrons. The number of hydrogen-bond donors (Lipinski definition) is 1. The van der Waals surface area contributed by atoms with Crippen molar-refractivity contribution in [3.8, 4) is 0 Å². The second-order valence-electron chi connectivity index (χ2n) is 8.59. The topological polar surface area (TPSA) is 40.5 Å². The van der Waals surface area contributed by atoms with Crippen LogP contribution in [0.3, 0.4) is 0 Å². The predicted octanol–water partition coefficient (Wildman–Crippen LogP) is 4.15. The molecule has 1 fully saturated rings. The number of aromatic nitrogens is 1. The number of hydrogen-bond acceptors (Lipinski definition) is 3. The molecular weight excluding hydrogens is 384 g/mol. The number of rotatable bonds is 6. The lowest BCUT2D eigenvalue weighted by Crippen LogP contribution is -2.43. The number of aryl methyl sites for hydroxylation is 1. The summed E-state index contributed by atoms with van der Waals surface area (Å²) in [5.41, 5.74) is 6.13. The lowest BCUT2D eigenvalue weighted by molar-refractivity contribution is 0.102. The van der Waals surface area contributed by atoms with Crippen molar-refractivity contribution in [1.82, 2.24) is 14.4 Å². The molecule has 31 heavy (non-hydrogen) atoms. The zero-order valence-electron chi connectivity index (χ0n) is 18.8. The number of amides is 1. The summed E-state index contributed by atoms with van der Waals surface area (Å²) >= 11 is 0. The molecule has 0 atom stereocenters. The van der Waals surface area contributed by atoms with E-state index in [-0.39, 0.29) is 5.91 Å². The van der Waals surface area contributed by atoms with E-state index in [0.29, 0.717) is 0 Å². The van der Waals surface area contributed by atoms with Gasteiger partial charge in [0.1, 0.15) is 0 Å². The van der Waals surface area contributed by atoms with Gasteiger partial charge in [0.15, 0.2) is 0 Å². The third kappa shape index (κ3) is 5.24. The Hall–Kier alpha value is -2.89. The van der Waals surface area contributed by atoms with Gasteiger partial charge in [0.05, 0.1) is 5.56 Å². The minimum Gasteiger partial charge on any atom is -0.344 e. The quantitative estimate of drug-likeness (QED) is 0.656. The predicted molar refractivity (Wildman–Crippen MR) is 127 cm³/mol. The van der Waals surface area contributed by atoms with Crippen molar-refractivity contribution in [1.29, 1.82) is 0 Å². The van der Waals surface area contributed by atoms with Crippen molar-refractivity contribution in [3.63, 3.8) is 0 Å². The molecule has 162 valence electrons. The smallest absolute Gasteiger partial charge is 0.257 e. The Morgan fingerprint density at radius 3 is 2.32 bits per heavy atom. The van der Waals surface area contributed by atoms with E-state index in [1.54, 1.807) is 0 Å². The van der Waals surface area contributed by atoms with Crippen LogP contribution in [0.15, 0.2) is 60.7 Å². The second kappa shape index (κ2) is 9.50. The summed E-state index contributed by atoms with van der Waals surface area (Å²) in [7, 11) is 2.17. The van der Waals surface area contributed by atoms with E-state index in [1.807, 2.05) is 43.3 Å². The van der Waals surface area contributed by atoms with Gasteiger partial charge in [0.25, 0.3) is 5.91 Å². The summed E-state index contributed by atoms with van der Waals surface area (Å²) in [6.45, 7) is 10.2. The molecule has 2 aromatic carbocycles. The number of likely N-dealkylation sites (N-methyl/N-ethyl adjacent to an activating group) is 1. The van der Waals surface area contributed by atoms with Crippen LogP contribution >= 0.6 is 0 Å². The third-order valence-electron chi connectivity index (χ3n) is 6.19. The monoisotopic (exact) mass is 416 g/mol. The number of piperazine rings is 1. The first kappa shape index (κ1) is 21.3. The summed E-state index contributed by atoms with van der Waals surface area (Å²) in [5.74, 6) is -0.0517. The minimum atomic E-state index is -0.0517. The van der Waals surface area contributed by atoms with E-state index in [2.05, 4.69) is 57.9 Å². The SMILES string of the molecule is Cc1cc(C(=O)Nc2cccc(CN3CCN(C)CC3)c2)c(C)n1Cc1ccccc1. The average molecular weight is 417 g/mol. The third-order valence-corrected chi connectivity index (χ3v) is 6.19. The average Bonchev–Trinajstić information content (AvgIpc) is 3.05. The van der Waals surface area contributed by atoms with Crippen LogP contribution in [0, 0.1) is 13.8 Å². The van der Waals surface area contributed by atoms with E-state index in [1.165, 1.54) is 11.1 Å². The maximum Gasteiger partial charge on any atom is 0.257 e. The fourth-order valence-electron chi connectivity index (χ4n) is 4.25. The zero-order chi connectivity index (χ0) is 21.8. The Morgan fingerprint density at radius 2 is 1.58 bits per heavy atom. The maximum absolute atomic E-state index is 13.0. The Morgan fingerprint density at radius 1 is 0.871 bits per heavy atom. The lowest BCUT2D eigenvalue weighted by atomic mass is 10.1. The first-order valence-corrected chi connectivity index (χ1v) is 11.0. The van der Waals surface area contributed by atoms with E-state index < -0.39 is 0 Å². The molecular formula is C26H32N4O. The van der Waals surface area contributed by atoms with Crippen LogP contribution in [-0.2, 0) is 13.1 Å². The van der Waals surface area contributed by atoms with E-state index in [9.17, 15) is 4.79 Å². The van der Waals surface area contributed by atoms with Crippen LogP contribution in [0.5, 0.6) is 0 Å². The molecule has 5 heteroatoms. The lowest BCUT2D eigenvalue weighted by Gasteiger charge is -2.32. The number of anilines is 1. The van der Waals surface area contributed by atoms with Gasteiger partial charge in [0.2, 0.25) is 0 Å². The zero-order valence-corrected chi connectivity index (χ0v) is 18.8. The van der Waals surface area contributed by atoms with Gasteiger partial charge in [-0.25, -0.2) is 0 Å². The molecule has 0 aliphatic carbocycles. The van der Waals surface area contributed by atoms with Crippen LogP contribution in [0.4, 0.5) is 5.69 Å². The number of nitrogens with one attached hydrogen (secondary N) is 1. The van der Waals surface area contributed by atoms with Crippen LogP contribution in [0.1, 0.15) is 32.9 Å². The van der Waals surface area contributed by atoms with Crippen LogP contribution in [-0.4, -0.2) is 53.5 Å². The molecule has 0 spiro atoms. The van der Waals surface area contributed by atoms with Crippen molar-refractivity contribution in [2.75, 3.05) is 38.5 Å². The highest BCUT2D eigenvalue weighted by molar-refractivity contribution is 6.05. The molecule has 5 nitrogen and oxygen atoms in total. The van der Waals surface area contributed by atoms with E-state index in [0.717, 1.165) is 61.9 Å². The highest BCUT2D eigenvalue weighted by atomic mass is 16.1.